The highest BCUT2D eigenvalue weighted by atomic mass is 32.1. The van der Waals surface area contributed by atoms with E-state index in [-0.39, 0.29) is 54.4 Å². The topological polar surface area (TPSA) is 76.2 Å². The molecule has 0 saturated heterocycles. The van der Waals surface area contributed by atoms with Gasteiger partial charge in [0.2, 0.25) is 5.82 Å². The molecule has 13 heteroatoms. The SMILES string of the molecule is N[C@H](CC(=S)N1CCn2c(C(F)(F)F)nc(C(=O)Nc3ccccc3)c2C1)Cc1cc(F)c(F)cc1F. The molecule has 0 bridgehead atoms. The minimum Gasteiger partial charge on any atom is -0.358 e. The summed E-state index contributed by atoms with van der Waals surface area (Å²) in [6.45, 7) is -0.175. The van der Waals surface area contributed by atoms with Crippen LogP contribution in [0.25, 0.3) is 0 Å². The maximum absolute atomic E-state index is 14.0. The second-order valence-electron chi connectivity index (χ2n) is 8.54. The molecule has 1 aliphatic heterocycles. The van der Waals surface area contributed by atoms with Crippen molar-refractivity contribution in [3.63, 3.8) is 0 Å². The highest BCUT2D eigenvalue weighted by Crippen LogP contribution is 2.33. The first-order valence-corrected chi connectivity index (χ1v) is 11.5. The van der Waals surface area contributed by atoms with Crippen molar-refractivity contribution in [2.45, 2.75) is 38.1 Å². The number of rotatable bonds is 6. The zero-order chi connectivity index (χ0) is 26.9. The smallest absolute Gasteiger partial charge is 0.358 e. The number of thiocarbonyl (C=S) groups is 1. The van der Waals surface area contributed by atoms with Crippen LogP contribution >= 0.6 is 12.2 Å². The number of carbonyl (C=O) groups is 1. The maximum atomic E-state index is 14.0. The first kappa shape index (κ1) is 26.6. The van der Waals surface area contributed by atoms with Crippen molar-refractivity contribution in [2.75, 3.05) is 11.9 Å². The Bertz CT molecular complexity index is 1330. The van der Waals surface area contributed by atoms with Crippen LogP contribution in [0.3, 0.4) is 0 Å². The van der Waals surface area contributed by atoms with Gasteiger partial charge in [0.1, 0.15) is 5.82 Å². The van der Waals surface area contributed by atoms with Crippen molar-refractivity contribution in [1.29, 1.82) is 0 Å². The van der Waals surface area contributed by atoms with Gasteiger partial charge in [0.05, 0.1) is 17.2 Å². The van der Waals surface area contributed by atoms with Crippen LogP contribution < -0.4 is 11.1 Å². The Hall–Kier alpha value is -3.45. The Kier molecular flexibility index (Phi) is 7.55. The Balaban J connectivity index is 1.51. The van der Waals surface area contributed by atoms with E-state index < -0.39 is 41.4 Å². The molecular weight excluding hydrogens is 520 g/mol. The molecule has 0 unspecified atom stereocenters. The molecule has 6 nitrogen and oxygen atoms in total. The zero-order valence-corrected chi connectivity index (χ0v) is 20.0. The van der Waals surface area contributed by atoms with Crippen LogP contribution in [0.4, 0.5) is 32.0 Å². The lowest BCUT2D eigenvalue weighted by molar-refractivity contribution is -0.147. The summed E-state index contributed by atoms with van der Waals surface area (Å²) in [6, 6.07) is 8.61. The molecule has 1 atom stereocenters. The van der Waals surface area contributed by atoms with Gasteiger partial charge in [-0.3, -0.25) is 4.79 Å². The van der Waals surface area contributed by atoms with Crippen LogP contribution in [0.15, 0.2) is 42.5 Å². The summed E-state index contributed by atoms with van der Waals surface area (Å²) < 4.78 is 82.5. The first-order valence-electron chi connectivity index (χ1n) is 11.1. The van der Waals surface area contributed by atoms with Gasteiger partial charge in [-0.15, -0.1) is 0 Å². The quantitative estimate of drug-likeness (QED) is 0.270. The van der Waals surface area contributed by atoms with Crippen LogP contribution in [0.2, 0.25) is 0 Å². The Labute approximate surface area is 213 Å². The van der Waals surface area contributed by atoms with Gasteiger partial charge in [0.25, 0.3) is 5.91 Å². The van der Waals surface area contributed by atoms with Gasteiger partial charge in [-0.1, -0.05) is 30.4 Å². The summed E-state index contributed by atoms with van der Waals surface area (Å²) in [6.07, 6.45) is -4.89. The maximum Gasteiger partial charge on any atom is 0.449 e. The lowest BCUT2D eigenvalue weighted by atomic mass is 10.0. The number of nitrogens with one attached hydrogen (secondary N) is 1. The van der Waals surface area contributed by atoms with Gasteiger partial charge in [-0.05, 0) is 30.2 Å². The standard InChI is InChI=1S/C24H21F6N5OS/c25-16-11-18(27)17(26)9-13(16)8-14(31)10-20(37)34-6-7-35-19(12-34)21(33-23(35)24(28,29)30)22(36)32-15-4-2-1-3-5-15/h1-5,9,11,14H,6-8,10,12,31H2,(H,32,36)/t14-/m0/s1. The average molecular weight is 542 g/mol. The molecule has 1 aliphatic rings. The highest BCUT2D eigenvalue weighted by Gasteiger charge is 2.41. The molecule has 2 heterocycles. The van der Waals surface area contributed by atoms with E-state index in [1.807, 2.05) is 0 Å². The fourth-order valence-corrected chi connectivity index (χ4v) is 4.49. The van der Waals surface area contributed by atoms with Crippen molar-refractivity contribution >= 4 is 28.8 Å². The molecule has 0 spiro atoms. The van der Waals surface area contributed by atoms with Gasteiger partial charge in [-0.2, -0.15) is 13.2 Å². The summed E-state index contributed by atoms with van der Waals surface area (Å²) in [5.74, 6) is -5.46. The third-order valence-electron chi connectivity index (χ3n) is 5.87. The molecule has 4 rings (SSSR count). The van der Waals surface area contributed by atoms with Gasteiger partial charge >= 0.3 is 6.18 Å². The number of nitrogens with zero attached hydrogens (tertiary/aromatic N) is 3. The van der Waals surface area contributed by atoms with E-state index in [0.717, 1.165) is 10.6 Å². The van der Waals surface area contributed by atoms with Crippen molar-refractivity contribution in [2.24, 2.45) is 5.73 Å². The van der Waals surface area contributed by atoms with E-state index in [9.17, 15) is 31.1 Å². The molecule has 1 amide bonds. The van der Waals surface area contributed by atoms with Crippen LogP contribution in [0.1, 0.15) is 34.0 Å². The summed E-state index contributed by atoms with van der Waals surface area (Å²) in [7, 11) is 0. The summed E-state index contributed by atoms with van der Waals surface area (Å²) in [4.78, 5) is 18.3. The number of aromatic nitrogens is 2. The molecule has 1 aromatic heterocycles. The van der Waals surface area contributed by atoms with E-state index in [2.05, 4.69) is 10.3 Å². The highest BCUT2D eigenvalue weighted by molar-refractivity contribution is 7.80. The number of para-hydroxylation sites is 1. The molecule has 0 aliphatic carbocycles. The average Bonchev–Trinajstić information content (AvgIpc) is 3.23. The van der Waals surface area contributed by atoms with Crippen molar-refractivity contribution in [3.05, 3.63) is 82.7 Å². The van der Waals surface area contributed by atoms with E-state index >= 15 is 0 Å². The molecule has 0 saturated carbocycles. The molecular formula is C24H21F6N5OS. The fraction of sp³-hybridized carbons (Fsp3) is 0.292. The van der Waals surface area contributed by atoms with Gasteiger partial charge in [0, 0.05) is 37.3 Å². The van der Waals surface area contributed by atoms with Crippen LogP contribution in [-0.4, -0.2) is 37.9 Å². The van der Waals surface area contributed by atoms with Gasteiger partial charge in [-0.25, -0.2) is 18.2 Å². The van der Waals surface area contributed by atoms with E-state index in [1.165, 1.54) is 0 Å². The van der Waals surface area contributed by atoms with E-state index in [0.29, 0.717) is 11.8 Å². The normalized spacial score (nSPS) is 14.3. The molecule has 0 radical (unpaired) electrons. The molecule has 196 valence electrons. The third-order valence-corrected chi connectivity index (χ3v) is 6.29. The number of nitrogens with two attached hydrogens (primary N) is 1. The molecule has 2 aromatic carbocycles. The summed E-state index contributed by atoms with van der Waals surface area (Å²) >= 11 is 5.43. The lowest BCUT2D eigenvalue weighted by Gasteiger charge is -2.32. The number of anilines is 1. The number of amides is 1. The monoisotopic (exact) mass is 541 g/mol. The second kappa shape index (κ2) is 10.5. The minimum absolute atomic E-state index is 0.0274. The Morgan fingerprint density at radius 1 is 1.08 bits per heavy atom. The molecule has 0 fully saturated rings. The van der Waals surface area contributed by atoms with Crippen LogP contribution in [0.5, 0.6) is 0 Å². The summed E-state index contributed by atoms with van der Waals surface area (Å²) in [5.41, 5.74) is 5.99. The number of hydrogen-bond donors (Lipinski definition) is 2. The number of halogens is 6. The number of alkyl halides is 3. The molecule has 37 heavy (non-hydrogen) atoms. The largest absolute Gasteiger partial charge is 0.449 e. The van der Waals surface area contributed by atoms with Crippen molar-refractivity contribution < 1.29 is 31.1 Å². The number of imidazole rings is 1. The van der Waals surface area contributed by atoms with Gasteiger partial charge in [0.15, 0.2) is 17.3 Å². The van der Waals surface area contributed by atoms with Crippen molar-refractivity contribution in [3.8, 4) is 0 Å². The number of hydrogen-bond acceptors (Lipinski definition) is 4. The molecule has 3 N–H and O–H groups in total. The van der Waals surface area contributed by atoms with Crippen LogP contribution in [0, 0.1) is 17.5 Å². The van der Waals surface area contributed by atoms with Crippen molar-refractivity contribution in [1.82, 2.24) is 14.5 Å². The lowest BCUT2D eigenvalue weighted by Crippen LogP contribution is -2.41. The third kappa shape index (κ3) is 5.93. The van der Waals surface area contributed by atoms with E-state index in [1.54, 1.807) is 35.2 Å². The first-order chi connectivity index (χ1) is 17.4. The Morgan fingerprint density at radius 2 is 1.76 bits per heavy atom. The predicted molar refractivity (Wildman–Crippen MR) is 127 cm³/mol. The number of benzene rings is 2. The predicted octanol–water partition coefficient (Wildman–Crippen LogP) is 4.67. The molecule has 3 aromatic rings. The second-order valence-corrected chi connectivity index (χ2v) is 9.01. The minimum atomic E-state index is -4.78. The number of carbonyl (C=O) groups excluding carboxylic acids is 1. The number of fused-ring (bicyclic) bond motifs is 1. The fourth-order valence-electron chi connectivity index (χ4n) is 4.12. The summed E-state index contributed by atoms with van der Waals surface area (Å²) in [5, 5.41) is 2.54. The Morgan fingerprint density at radius 3 is 2.43 bits per heavy atom. The zero-order valence-electron chi connectivity index (χ0n) is 19.2. The van der Waals surface area contributed by atoms with E-state index in [4.69, 9.17) is 18.0 Å². The van der Waals surface area contributed by atoms with Gasteiger partial charge < -0.3 is 20.5 Å². The van der Waals surface area contributed by atoms with Crippen LogP contribution in [-0.2, 0) is 25.7 Å².